The fourth-order valence-corrected chi connectivity index (χ4v) is 4.54. The van der Waals surface area contributed by atoms with E-state index < -0.39 is 0 Å². The van der Waals surface area contributed by atoms with Gasteiger partial charge >= 0.3 is 0 Å². The Bertz CT molecular complexity index is 933. The van der Waals surface area contributed by atoms with Crippen LogP contribution in [0.25, 0.3) is 0 Å². The number of carbonyl (C=O) groups excluding carboxylic acids is 2. The molecule has 1 atom stereocenters. The molecule has 2 heterocycles. The van der Waals surface area contributed by atoms with Gasteiger partial charge in [-0.2, -0.15) is 0 Å². The molecule has 1 N–H and O–H groups in total. The highest BCUT2D eigenvalue weighted by atomic mass is 16.5. The van der Waals surface area contributed by atoms with Crippen molar-refractivity contribution < 1.29 is 18.8 Å². The van der Waals surface area contributed by atoms with Crippen molar-refractivity contribution in [1.82, 2.24) is 15.0 Å². The molecule has 4 rings (SSSR count). The highest BCUT2D eigenvalue weighted by Gasteiger charge is 2.27. The van der Waals surface area contributed by atoms with Crippen LogP contribution >= 0.6 is 0 Å². The summed E-state index contributed by atoms with van der Waals surface area (Å²) in [6.07, 6.45) is 3.75. The minimum absolute atomic E-state index is 0.123. The highest BCUT2D eigenvalue weighted by molar-refractivity contribution is 5.91. The molecule has 1 aliphatic carbocycles. The second-order valence-corrected chi connectivity index (χ2v) is 8.39. The third-order valence-corrected chi connectivity index (χ3v) is 6.20. The molecule has 31 heavy (non-hydrogen) atoms. The number of fused-ring (bicyclic) bond motifs is 1. The topological polar surface area (TPSA) is 87.9 Å². The maximum atomic E-state index is 13.0. The molecule has 2 amide bonds. The number of aromatic nitrogens is 1. The molecule has 2 aromatic rings. The fourth-order valence-electron chi connectivity index (χ4n) is 4.54. The van der Waals surface area contributed by atoms with Crippen LogP contribution < -0.4 is 10.1 Å². The van der Waals surface area contributed by atoms with Gasteiger partial charge in [-0.1, -0.05) is 11.2 Å². The maximum absolute atomic E-state index is 13.0. The molecule has 1 aromatic heterocycles. The molecule has 8 nitrogen and oxygen atoms in total. The van der Waals surface area contributed by atoms with Crippen LogP contribution in [0.15, 0.2) is 28.8 Å². The normalized spacial score (nSPS) is 19.0. The van der Waals surface area contributed by atoms with Crippen LogP contribution in [0.1, 0.15) is 42.1 Å². The molecule has 2 aliphatic rings. The van der Waals surface area contributed by atoms with Gasteiger partial charge in [0.1, 0.15) is 11.5 Å². The number of rotatable bonds is 6. The van der Waals surface area contributed by atoms with Crippen LogP contribution in [-0.4, -0.2) is 66.6 Å². The molecule has 1 saturated heterocycles. The Morgan fingerprint density at radius 1 is 1.23 bits per heavy atom. The van der Waals surface area contributed by atoms with Crippen molar-refractivity contribution in [3.05, 3.63) is 41.2 Å². The predicted molar refractivity (Wildman–Crippen MR) is 116 cm³/mol. The minimum atomic E-state index is -0.123. The summed E-state index contributed by atoms with van der Waals surface area (Å²) in [6, 6.07) is 7.91. The van der Waals surface area contributed by atoms with E-state index >= 15 is 0 Å². The number of carbonyl (C=O) groups is 2. The first-order valence-electron chi connectivity index (χ1n) is 10.9. The first kappa shape index (κ1) is 21.4. The Balaban J connectivity index is 1.26. The van der Waals surface area contributed by atoms with E-state index in [1.807, 2.05) is 11.0 Å². The Kier molecular flexibility index (Phi) is 6.56. The van der Waals surface area contributed by atoms with Crippen LogP contribution in [0, 0.1) is 6.92 Å². The van der Waals surface area contributed by atoms with Crippen molar-refractivity contribution >= 4 is 17.6 Å². The summed E-state index contributed by atoms with van der Waals surface area (Å²) < 4.78 is 10.3. The van der Waals surface area contributed by atoms with Gasteiger partial charge in [0.2, 0.25) is 11.8 Å². The molecular weight excluding hydrogens is 396 g/mol. The Morgan fingerprint density at radius 2 is 2.03 bits per heavy atom. The predicted octanol–water partition coefficient (Wildman–Crippen LogP) is 2.58. The molecule has 1 fully saturated rings. The summed E-state index contributed by atoms with van der Waals surface area (Å²) in [7, 11) is 1.68. The van der Waals surface area contributed by atoms with E-state index in [1.165, 1.54) is 11.1 Å². The number of anilines is 1. The van der Waals surface area contributed by atoms with Crippen molar-refractivity contribution in [1.29, 1.82) is 0 Å². The van der Waals surface area contributed by atoms with Crippen molar-refractivity contribution in [3.63, 3.8) is 0 Å². The van der Waals surface area contributed by atoms with Crippen LogP contribution in [0.3, 0.4) is 0 Å². The van der Waals surface area contributed by atoms with Gasteiger partial charge in [0.25, 0.3) is 0 Å². The SMILES string of the molecule is COc1ccc2c(c1)CCCC2CC(=O)N1CCN(CC(=O)Nc2cc(C)on2)CC1. The van der Waals surface area contributed by atoms with E-state index in [1.54, 1.807) is 20.1 Å². The molecule has 0 spiro atoms. The summed E-state index contributed by atoms with van der Waals surface area (Å²) in [6.45, 7) is 4.74. The number of methoxy groups -OCH3 is 1. The first-order valence-corrected chi connectivity index (χ1v) is 10.9. The summed E-state index contributed by atoms with van der Waals surface area (Å²) in [5.74, 6) is 2.32. The standard InChI is InChI=1S/C23H30N4O4/c1-16-12-21(25-31-16)24-22(28)15-26-8-10-27(11-9-26)23(29)14-18-5-3-4-17-13-19(30-2)6-7-20(17)18/h6-7,12-13,18H,3-5,8-11,14-15H2,1-2H3,(H,24,25,28). The van der Waals surface area contributed by atoms with Crippen LogP contribution in [0.2, 0.25) is 0 Å². The average Bonchev–Trinajstić information content (AvgIpc) is 3.18. The fraction of sp³-hybridized carbons (Fsp3) is 0.522. The van der Waals surface area contributed by atoms with Gasteiger partial charge in [-0.05, 0) is 55.4 Å². The lowest BCUT2D eigenvalue weighted by atomic mass is 9.80. The van der Waals surface area contributed by atoms with Crippen LogP contribution in [-0.2, 0) is 16.0 Å². The van der Waals surface area contributed by atoms with Gasteiger partial charge in [0.15, 0.2) is 5.82 Å². The largest absolute Gasteiger partial charge is 0.497 e. The monoisotopic (exact) mass is 426 g/mol. The van der Waals surface area contributed by atoms with Gasteiger partial charge in [-0.15, -0.1) is 0 Å². The Labute approximate surface area is 182 Å². The summed E-state index contributed by atoms with van der Waals surface area (Å²) in [5.41, 5.74) is 2.60. The van der Waals surface area contributed by atoms with Crippen LogP contribution in [0.5, 0.6) is 5.75 Å². The third-order valence-electron chi connectivity index (χ3n) is 6.20. The van der Waals surface area contributed by atoms with Gasteiger partial charge < -0.3 is 19.5 Å². The van der Waals surface area contributed by atoms with Crippen molar-refractivity contribution in [2.45, 2.75) is 38.5 Å². The smallest absolute Gasteiger partial charge is 0.239 e. The Hall–Kier alpha value is -2.87. The lowest BCUT2D eigenvalue weighted by Gasteiger charge is -2.35. The van der Waals surface area contributed by atoms with Crippen molar-refractivity contribution in [2.75, 3.05) is 45.2 Å². The number of hydrogen-bond donors (Lipinski definition) is 1. The highest BCUT2D eigenvalue weighted by Crippen LogP contribution is 2.36. The Morgan fingerprint density at radius 3 is 2.74 bits per heavy atom. The van der Waals surface area contributed by atoms with E-state index in [4.69, 9.17) is 9.26 Å². The van der Waals surface area contributed by atoms with E-state index in [2.05, 4.69) is 27.5 Å². The zero-order valence-corrected chi connectivity index (χ0v) is 18.2. The van der Waals surface area contributed by atoms with Gasteiger partial charge in [0.05, 0.1) is 13.7 Å². The molecule has 8 heteroatoms. The lowest BCUT2D eigenvalue weighted by Crippen LogP contribution is -2.50. The van der Waals surface area contributed by atoms with E-state index in [9.17, 15) is 9.59 Å². The number of nitrogens with zero attached hydrogens (tertiary/aromatic N) is 3. The second kappa shape index (κ2) is 9.51. The number of piperazine rings is 1. The first-order chi connectivity index (χ1) is 15.0. The molecule has 0 bridgehead atoms. The number of ether oxygens (including phenoxy) is 1. The van der Waals surface area contributed by atoms with Gasteiger partial charge in [-0.25, -0.2) is 0 Å². The van der Waals surface area contributed by atoms with Gasteiger partial charge in [0, 0.05) is 38.7 Å². The second-order valence-electron chi connectivity index (χ2n) is 8.39. The maximum Gasteiger partial charge on any atom is 0.239 e. The number of nitrogens with one attached hydrogen (secondary N) is 1. The average molecular weight is 427 g/mol. The molecule has 0 radical (unpaired) electrons. The zero-order valence-electron chi connectivity index (χ0n) is 18.2. The lowest BCUT2D eigenvalue weighted by molar-refractivity contribution is -0.133. The number of benzene rings is 1. The molecule has 1 aliphatic heterocycles. The van der Waals surface area contributed by atoms with Gasteiger partial charge in [-0.3, -0.25) is 14.5 Å². The number of hydrogen-bond acceptors (Lipinski definition) is 6. The van der Waals surface area contributed by atoms with Crippen LogP contribution in [0.4, 0.5) is 5.82 Å². The zero-order chi connectivity index (χ0) is 21.8. The molecule has 1 unspecified atom stereocenters. The molecule has 166 valence electrons. The van der Waals surface area contributed by atoms with Crippen molar-refractivity contribution in [3.8, 4) is 5.75 Å². The van der Waals surface area contributed by atoms with E-state index in [0.717, 1.165) is 25.0 Å². The molecular formula is C23H30N4O4. The molecule has 0 saturated carbocycles. The quantitative estimate of drug-likeness (QED) is 0.764. The summed E-state index contributed by atoms with van der Waals surface area (Å²) in [5, 5.41) is 6.52. The third kappa shape index (κ3) is 5.25. The van der Waals surface area contributed by atoms with E-state index in [-0.39, 0.29) is 24.3 Å². The van der Waals surface area contributed by atoms with Crippen molar-refractivity contribution in [2.24, 2.45) is 0 Å². The number of amides is 2. The summed E-state index contributed by atoms with van der Waals surface area (Å²) in [4.78, 5) is 29.2. The minimum Gasteiger partial charge on any atom is -0.497 e. The van der Waals surface area contributed by atoms with E-state index in [0.29, 0.717) is 44.2 Å². The summed E-state index contributed by atoms with van der Waals surface area (Å²) >= 11 is 0. The molecule has 1 aromatic carbocycles. The number of aryl methyl sites for hydroxylation is 2.